The van der Waals surface area contributed by atoms with E-state index in [0.717, 1.165) is 18.7 Å². The van der Waals surface area contributed by atoms with Crippen LogP contribution in [-0.4, -0.2) is 23.8 Å². The molecule has 0 aromatic heterocycles. The lowest BCUT2D eigenvalue weighted by Gasteiger charge is -2.21. The van der Waals surface area contributed by atoms with Crippen LogP contribution < -0.4 is 0 Å². The molecular formula is C12H16ClFN2. The molecule has 88 valence electrons. The van der Waals surface area contributed by atoms with Crippen LogP contribution in [0.4, 0.5) is 4.39 Å². The summed E-state index contributed by atoms with van der Waals surface area (Å²) in [5.41, 5.74) is 0.792. The van der Waals surface area contributed by atoms with E-state index in [1.807, 2.05) is 18.7 Å². The zero-order valence-electron chi connectivity index (χ0n) is 9.56. The Hall–Kier alpha value is -1.09. The van der Waals surface area contributed by atoms with Crippen molar-refractivity contribution >= 4 is 17.4 Å². The van der Waals surface area contributed by atoms with Crippen molar-refractivity contribution < 1.29 is 4.39 Å². The quantitative estimate of drug-likeness (QED) is 0.636. The lowest BCUT2D eigenvalue weighted by Crippen LogP contribution is -2.31. The van der Waals surface area contributed by atoms with Crippen molar-refractivity contribution in [3.63, 3.8) is 0 Å². The molecule has 0 bridgehead atoms. The van der Waals surface area contributed by atoms with E-state index in [4.69, 9.17) is 17.0 Å². The van der Waals surface area contributed by atoms with Crippen molar-refractivity contribution in [2.45, 2.75) is 20.3 Å². The van der Waals surface area contributed by atoms with Gasteiger partial charge in [0.25, 0.3) is 0 Å². The van der Waals surface area contributed by atoms with Gasteiger partial charge in [0.15, 0.2) is 0 Å². The fraction of sp³-hybridized carbons (Fsp3) is 0.417. The highest BCUT2D eigenvalue weighted by Crippen LogP contribution is 2.18. The fourth-order valence-corrected chi connectivity index (χ4v) is 1.80. The lowest BCUT2D eigenvalue weighted by molar-refractivity contribution is 0.455. The Morgan fingerprint density at radius 1 is 1.38 bits per heavy atom. The molecule has 1 N–H and O–H groups in total. The zero-order chi connectivity index (χ0) is 12.1. The highest BCUT2D eigenvalue weighted by atomic mass is 35.5. The SMILES string of the molecule is CCN(CC)C(=N)Cc1ccc(F)cc1Cl. The van der Waals surface area contributed by atoms with Gasteiger partial charge in [-0.2, -0.15) is 0 Å². The summed E-state index contributed by atoms with van der Waals surface area (Å²) in [5.74, 6) is 0.168. The highest BCUT2D eigenvalue weighted by molar-refractivity contribution is 6.31. The van der Waals surface area contributed by atoms with Crippen LogP contribution >= 0.6 is 11.6 Å². The van der Waals surface area contributed by atoms with E-state index >= 15 is 0 Å². The number of nitrogens with one attached hydrogen (secondary N) is 1. The summed E-state index contributed by atoms with van der Waals surface area (Å²) in [7, 11) is 0. The van der Waals surface area contributed by atoms with Crippen LogP contribution in [0.15, 0.2) is 18.2 Å². The normalized spacial score (nSPS) is 10.2. The summed E-state index contributed by atoms with van der Waals surface area (Å²) in [6.45, 7) is 5.61. The molecule has 1 aromatic carbocycles. The van der Waals surface area contributed by atoms with Gasteiger partial charge < -0.3 is 4.90 Å². The minimum atomic E-state index is -0.344. The zero-order valence-corrected chi connectivity index (χ0v) is 10.3. The molecular weight excluding hydrogens is 227 g/mol. The standard InChI is InChI=1S/C12H16ClFN2/c1-3-16(4-2)12(15)7-9-5-6-10(14)8-11(9)13/h5-6,8,15H,3-4,7H2,1-2H3. The van der Waals surface area contributed by atoms with E-state index < -0.39 is 0 Å². The van der Waals surface area contributed by atoms with Gasteiger partial charge in [0.2, 0.25) is 0 Å². The number of benzene rings is 1. The second-order valence-electron chi connectivity index (χ2n) is 3.53. The molecule has 0 heterocycles. The first-order valence-electron chi connectivity index (χ1n) is 5.34. The number of rotatable bonds is 4. The molecule has 0 aliphatic carbocycles. The summed E-state index contributed by atoms with van der Waals surface area (Å²) in [5, 5.41) is 8.29. The Bertz CT molecular complexity index is 375. The number of hydrogen-bond donors (Lipinski definition) is 1. The van der Waals surface area contributed by atoms with Crippen molar-refractivity contribution in [2.75, 3.05) is 13.1 Å². The van der Waals surface area contributed by atoms with E-state index in [2.05, 4.69) is 0 Å². The molecule has 0 unspecified atom stereocenters. The summed E-state index contributed by atoms with van der Waals surface area (Å²) >= 11 is 5.91. The maximum Gasteiger partial charge on any atom is 0.124 e. The van der Waals surface area contributed by atoms with E-state index in [9.17, 15) is 4.39 Å². The van der Waals surface area contributed by atoms with Crippen LogP contribution in [0.5, 0.6) is 0 Å². The van der Waals surface area contributed by atoms with Gasteiger partial charge in [0.05, 0.1) is 0 Å². The van der Waals surface area contributed by atoms with Gasteiger partial charge in [0.1, 0.15) is 11.7 Å². The molecule has 0 radical (unpaired) electrons. The number of likely N-dealkylation sites (N-methyl/N-ethyl adjacent to an activating group) is 1. The van der Waals surface area contributed by atoms with Gasteiger partial charge in [-0.05, 0) is 31.5 Å². The Morgan fingerprint density at radius 3 is 2.50 bits per heavy atom. The van der Waals surface area contributed by atoms with Crippen molar-refractivity contribution in [1.29, 1.82) is 5.41 Å². The van der Waals surface area contributed by atoms with Crippen molar-refractivity contribution in [1.82, 2.24) is 4.90 Å². The third-order valence-electron chi connectivity index (χ3n) is 2.52. The smallest absolute Gasteiger partial charge is 0.124 e. The van der Waals surface area contributed by atoms with E-state index in [1.54, 1.807) is 6.07 Å². The van der Waals surface area contributed by atoms with Crippen molar-refractivity contribution in [2.24, 2.45) is 0 Å². The Labute approximate surface area is 101 Å². The lowest BCUT2D eigenvalue weighted by atomic mass is 10.1. The summed E-state index contributed by atoms with van der Waals surface area (Å²) in [6, 6.07) is 4.29. The Balaban J connectivity index is 2.76. The third-order valence-corrected chi connectivity index (χ3v) is 2.87. The Morgan fingerprint density at radius 2 is 2.00 bits per heavy atom. The van der Waals surface area contributed by atoms with Gasteiger partial charge in [0, 0.05) is 24.5 Å². The summed E-state index contributed by atoms with van der Waals surface area (Å²) < 4.78 is 12.8. The topological polar surface area (TPSA) is 27.1 Å². The minimum Gasteiger partial charge on any atom is -0.361 e. The van der Waals surface area contributed by atoms with E-state index in [1.165, 1.54) is 12.1 Å². The fourth-order valence-electron chi connectivity index (χ4n) is 1.56. The largest absolute Gasteiger partial charge is 0.361 e. The number of hydrogen-bond acceptors (Lipinski definition) is 1. The van der Waals surface area contributed by atoms with Crippen molar-refractivity contribution in [3.8, 4) is 0 Å². The highest BCUT2D eigenvalue weighted by Gasteiger charge is 2.09. The maximum atomic E-state index is 12.8. The molecule has 16 heavy (non-hydrogen) atoms. The van der Waals surface area contributed by atoms with E-state index in [0.29, 0.717) is 17.3 Å². The number of amidine groups is 1. The molecule has 0 spiro atoms. The third kappa shape index (κ3) is 3.20. The molecule has 1 rings (SSSR count). The molecule has 1 aromatic rings. The van der Waals surface area contributed by atoms with Gasteiger partial charge in [-0.25, -0.2) is 4.39 Å². The first kappa shape index (κ1) is 13.0. The second kappa shape index (κ2) is 5.85. The number of halogens is 2. The minimum absolute atomic E-state index is 0.344. The van der Waals surface area contributed by atoms with Crippen LogP contribution in [0.3, 0.4) is 0 Å². The molecule has 0 saturated carbocycles. The van der Waals surface area contributed by atoms with Crippen molar-refractivity contribution in [3.05, 3.63) is 34.6 Å². The van der Waals surface area contributed by atoms with E-state index in [-0.39, 0.29) is 5.82 Å². The first-order chi connectivity index (χ1) is 7.58. The van der Waals surface area contributed by atoms with Crippen LogP contribution in [0, 0.1) is 11.2 Å². The van der Waals surface area contributed by atoms with Gasteiger partial charge in [-0.1, -0.05) is 17.7 Å². The average Bonchev–Trinajstić information content (AvgIpc) is 2.24. The molecule has 0 saturated heterocycles. The molecule has 4 heteroatoms. The van der Waals surface area contributed by atoms with Crippen LogP contribution in [0.25, 0.3) is 0 Å². The molecule has 0 fully saturated rings. The van der Waals surface area contributed by atoms with Gasteiger partial charge in [-0.3, -0.25) is 5.41 Å². The maximum absolute atomic E-state index is 12.8. The predicted octanol–water partition coefficient (Wildman–Crippen LogP) is 3.34. The second-order valence-corrected chi connectivity index (χ2v) is 3.94. The molecule has 0 atom stereocenters. The van der Waals surface area contributed by atoms with Gasteiger partial charge in [-0.15, -0.1) is 0 Å². The summed E-state index contributed by atoms with van der Waals surface area (Å²) in [6.07, 6.45) is 0.445. The van der Waals surface area contributed by atoms with Crippen LogP contribution in [0.2, 0.25) is 5.02 Å². The number of nitrogens with zero attached hydrogens (tertiary/aromatic N) is 1. The van der Waals surface area contributed by atoms with Crippen LogP contribution in [0.1, 0.15) is 19.4 Å². The first-order valence-corrected chi connectivity index (χ1v) is 5.72. The molecule has 0 aliphatic heterocycles. The monoisotopic (exact) mass is 242 g/mol. The molecule has 2 nitrogen and oxygen atoms in total. The molecule has 0 amide bonds. The Kier molecular flexibility index (Phi) is 4.74. The van der Waals surface area contributed by atoms with Gasteiger partial charge >= 0.3 is 0 Å². The van der Waals surface area contributed by atoms with Crippen LogP contribution in [-0.2, 0) is 6.42 Å². The average molecular weight is 243 g/mol. The molecule has 0 aliphatic rings. The predicted molar refractivity (Wildman–Crippen MR) is 65.8 cm³/mol. The summed E-state index contributed by atoms with van der Waals surface area (Å²) in [4.78, 5) is 1.94.